The molecule has 0 aliphatic heterocycles. The standard InChI is InChI=1S/4C9H13.4ClH.Ti.Zr/c4*1-2-3-6-9-7-4-5-8-9;;;;;;/h4*4,7H,2-3,5-6H2,1H3;4*1H;;/q4*-1;;;;;2*+4/p-4. The first-order chi connectivity index (χ1) is 17.7. The second-order valence-electron chi connectivity index (χ2n) is 9.65. The van der Waals surface area contributed by atoms with Crippen LogP contribution in [-0.4, -0.2) is 0 Å². The van der Waals surface area contributed by atoms with E-state index in [0.29, 0.717) is 0 Å². The van der Waals surface area contributed by atoms with Crippen LogP contribution in [0.3, 0.4) is 0 Å². The van der Waals surface area contributed by atoms with Gasteiger partial charge in [-0.25, -0.2) is 46.6 Å². The first kappa shape index (κ1) is 55.1. The largest absolute Gasteiger partial charge is 4.00 e. The third-order valence-electron chi connectivity index (χ3n) is 6.26. The number of hydrogen-bond acceptors (Lipinski definition) is 0. The van der Waals surface area contributed by atoms with E-state index in [0.717, 1.165) is 25.7 Å². The Labute approximate surface area is 320 Å². The topological polar surface area (TPSA) is 0 Å². The number of rotatable bonds is 12. The van der Waals surface area contributed by atoms with Crippen LogP contribution in [-0.2, 0) is 47.9 Å². The van der Waals surface area contributed by atoms with Gasteiger partial charge < -0.3 is 49.6 Å². The Balaban J connectivity index is -0.0000000982. The van der Waals surface area contributed by atoms with Gasteiger partial charge in [-0.3, -0.25) is 24.3 Å². The minimum absolute atomic E-state index is 0. The van der Waals surface area contributed by atoms with Gasteiger partial charge in [0.15, 0.2) is 0 Å². The predicted octanol–water partition coefficient (Wildman–Crippen LogP) is -0.525. The van der Waals surface area contributed by atoms with Crippen LogP contribution < -0.4 is 49.6 Å². The third kappa shape index (κ3) is 32.1. The molecular weight excluding hydrogens is 713 g/mol. The molecule has 0 bridgehead atoms. The Kier molecular flexibility index (Phi) is 54.7. The fourth-order valence-electron chi connectivity index (χ4n) is 3.96. The SMILES string of the molecule is CCCCC1=[C-]CC=C1.CCCCC1=[C-]CC=C1.CCCCC1=[C-]CC=C1.CCCCC1=[C-]CC=C1.[Cl-].[Cl-].[Cl-].[Cl-].[Ti+4].[Zr+4]. The van der Waals surface area contributed by atoms with E-state index in [2.05, 4.69) is 101 Å². The molecule has 0 N–H and O–H groups in total. The monoisotopic (exact) mass is 762 g/mol. The normalized spacial score (nSPS) is 14.0. The Morgan fingerprint density at radius 2 is 0.619 bits per heavy atom. The van der Waals surface area contributed by atoms with Gasteiger partial charge in [-0.15, -0.1) is 25.7 Å². The number of halogens is 4. The summed E-state index contributed by atoms with van der Waals surface area (Å²) in [5.41, 5.74) is 5.66. The second-order valence-corrected chi connectivity index (χ2v) is 9.65. The van der Waals surface area contributed by atoms with Gasteiger partial charge in [0.05, 0.1) is 0 Å². The minimum atomic E-state index is 0. The molecule has 0 fully saturated rings. The van der Waals surface area contributed by atoms with E-state index in [1.807, 2.05) is 0 Å². The summed E-state index contributed by atoms with van der Waals surface area (Å²) in [4.78, 5) is 0. The zero-order valence-corrected chi connectivity index (χ0v) is 33.5. The molecule has 0 saturated carbocycles. The molecule has 0 radical (unpaired) electrons. The summed E-state index contributed by atoms with van der Waals surface area (Å²) in [6, 6.07) is 0. The fourth-order valence-corrected chi connectivity index (χ4v) is 3.96. The van der Waals surface area contributed by atoms with Crippen molar-refractivity contribution in [1.29, 1.82) is 0 Å². The quantitative estimate of drug-likeness (QED) is 0.186. The molecule has 4 rings (SSSR count). The minimum Gasteiger partial charge on any atom is -1.00 e. The van der Waals surface area contributed by atoms with Crippen LogP contribution in [0.25, 0.3) is 0 Å². The van der Waals surface area contributed by atoms with Crippen molar-refractivity contribution >= 4 is 0 Å². The summed E-state index contributed by atoms with van der Waals surface area (Å²) in [6.07, 6.45) is 50.1. The Bertz CT molecular complexity index is 684. The Morgan fingerprint density at radius 1 is 0.429 bits per heavy atom. The van der Waals surface area contributed by atoms with Crippen molar-refractivity contribution in [3.63, 3.8) is 0 Å². The molecule has 0 nitrogen and oxygen atoms in total. The maximum Gasteiger partial charge on any atom is 4.00 e. The van der Waals surface area contributed by atoms with Crippen molar-refractivity contribution in [3.8, 4) is 0 Å². The summed E-state index contributed by atoms with van der Waals surface area (Å²) in [5.74, 6) is 0. The number of hydrogen-bond donors (Lipinski definition) is 0. The molecule has 0 unspecified atom stereocenters. The predicted molar refractivity (Wildman–Crippen MR) is 160 cm³/mol. The molecule has 4 aliphatic carbocycles. The average Bonchev–Trinajstić information content (AvgIpc) is 3.74. The van der Waals surface area contributed by atoms with Gasteiger partial charge in [0.25, 0.3) is 0 Å². The van der Waals surface area contributed by atoms with Gasteiger partial charge >= 0.3 is 47.9 Å². The zero-order valence-electron chi connectivity index (χ0n) is 26.4. The van der Waals surface area contributed by atoms with Crippen LogP contribution >= 0.6 is 0 Å². The van der Waals surface area contributed by atoms with Gasteiger partial charge in [-0.05, 0) is 0 Å². The maximum absolute atomic E-state index is 3.30. The summed E-state index contributed by atoms with van der Waals surface area (Å²) in [6.45, 7) is 8.89. The van der Waals surface area contributed by atoms with Crippen LogP contribution in [0.2, 0.25) is 0 Å². The molecular formula is C36H52Cl4TiZr. The van der Waals surface area contributed by atoms with E-state index in [1.54, 1.807) is 0 Å². The van der Waals surface area contributed by atoms with Crippen molar-refractivity contribution in [2.45, 2.75) is 130 Å². The smallest absolute Gasteiger partial charge is 1.00 e. The van der Waals surface area contributed by atoms with Crippen LogP contribution in [0.4, 0.5) is 0 Å². The molecule has 42 heavy (non-hydrogen) atoms. The third-order valence-corrected chi connectivity index (χ3v) is 6.26. The fraction of sp³-hybridized carbons (Fsp3) is 0.556. The first-order valence-corrected chi connectivity index (χ1v) is 14.8. The van der Waals surface area contributed by atoms with Gasteiger partial charge in [0.1, 0.15) is 0 Å². The second kappa shape index (κ2) is 41.7. The van der Waals surface area contributed by atoms with Crippen molar-refractivity contribution in [2.24, 2.45) is 0 Å². The molecule has 232 valence electrons. The molecule has 4 aliphatic rings. The van der Waals surface area contributed by atoms with Crippen LogP contribution in [0.15, 0.2) is 70.9 Å². The van der Waals surface area contributed by atoms with E-state index in [9.17, 15) is 0 Å². The van der Waals surface area contributed by atoms with E-state index in [4.69, 9.17) is 0 Å². The van der Waals surface area contributed by atoms with Gasteiger partial charge in [0.2, 0.25) is 0 Å². The molecule has 0 atom stereocenters. The van der Waals surface area contributed by atoms with Gasteiger partial charge in [-0.2, -0.15) is 24.3 Å². The van der Waals surface area contributed by atoms with Crippen LogP contribution in [0, 0.1) is 24.3 Å². The van der Waals surface area contributed by atoms with Crippen LogP contribution in [0.5, 0.6) is 0 Å². The van der Waals surface area contributed by atoms with Crippen molar-refractivity contribution in [1.82, 2.24) is 0 Å². The summed E-state index contributed by atoms with van der Waals surface area (Å²) in [5, 5.41) is 0. The first-order valence-electron chi connectivity index (χ1n) is 14.8. The molecule has 6 heteroatoms. The summed E-state index contributed by atoms with van der Waals surface area (Å²) in [7, 11) is 0. The van der Waals surface area contributed by atoms with Crippen LogP contribution in [0.1, 0.15) is 130 Å². The summed E-state index contributed by atoms with van der Waals surface area (Å²) < 4.78 is 0. The molecule has 0 heterocycles. The maximum atomic E-state index is 3.30. The van der Waals surface area contributed by atoms with Crippen molar-refractivity contribution < 1.29 is 97.5 Å². The summed E-state index contributed by atoms with van der Waals surface area (Å²) >= 11 is 0. The molecule has 0 saturated heterocycles. The van der Waals surface area contributed by atoms with Crippen molar-refractivity contribution in [3.05, 3.63) is 95.2 Å². The van der Waals surface area contributed by atoms with E-state index in [1.165, 1.54) is 99.3 Å². The van der Waals surface area contributed by atoms with Gasteiger partial charge in [0, 0.05) is 0 Å². The van der Waals surface area contributed by atoms with Gasteiger partial charge in [-0.1, -0.05) is 105 Å². The molecule has 0 aromatic heterocycles. The molecule has 0 aromatic rings. The van der Waals surface area contributed by atoms with E-state index < -0.39 is 0 Å². The zero-order chi connectivity index (χ0) is 26.1. The number of unbranched alkanes of at least 4 members (excludes halogenated alkanes) is 4. The molecule has 0 spiro atoms. The Hall–Kier alpha value is 0.677. The molecule has 0 amide bonds. The number of allylic oxidation sites excluding steroid dienone is 16. The van der Waals surface area contributed by atoms with Crippen molar-refractivity contribution in [2.75, 3.05) is 0 Å². The molecule has 0 aromatic carbocycles. The van der Waals surface area contributed by atoms with E-state index >= 15 is 0 Å². The average molecular weight is 766 g/mol. The van der Waals surface area contributed by atoms with E-state index in [-0.39, 0.29) is 97.5 Å². The Morgan fingerprint density at radius 3 is 0.738 bits per heavy atom.